The first-order chi connectivity index (χ1) is 8.56. The summed E-state index contributed by atoms with van der Waals surface area (Å²) in [6, 6.07) is 12.4. The van der Waals surface area contributed by atoms with Gasteiger partial charge < -0.3 is 4.74 Å². The number of benzene rings is 2. The van der Waals surface area contributed by atoms with Crippen LogP contribution in [0.5, 0.6) is 11.5 Å². The summed E-state index contributed by atoms with van der Waals surface area (Å²) in [4.78, 5) is 10.3. The lowest BCUT2D eigenvalue weighted by atomic mass is 10.2. The lowest BCUT2D eigenvalue weighted by Gasteiger charge is -2.07. The molecular weight excluding hydrogens is 230 g/mol. The third-order valence-electron chi connectivity index (χ3n) is 2.59. The quantitative estimate of drug-likeness (QED) is 0.604. The summed E-state index contributed by atoms with van der Waals surface area (Å²) in [5.41, 5.74) is 1.79. The molecule has 0 spiro atoms. The summed E-state index contributed by atoms with van der Waals surface area (Å²) in [5, 5.41) is 10.7. The number of aryl methyl sites for hydroxylation is 2. The highest BCUT2D eigenvalue weighted by Crippen LogP contribution is 2.27. The van der Waals surface area contributed by atoms with E-state index in [1.165, 1.54) is 6.07 Å². The highest BCUT2D eigenvalue weighted by atomic mass is 16.6. The smallest absolute Gasteiger partial charge is 0.272 e. The van der Waals surface area contributed by atoms with Crippen molar-refractivity contribution in [3.63, 3.8) is 0 Å². The molecule has 2 rings (SSSR count). The summed E-state index contributed by atoms with van der Waals surface area (Å²) in [6.07, 6.45) is 0. The topological polar surface area (TPSA) is 52.4 Å². The van der Waals surface area contributed by atoms with Gasteiger partial charge in [-0.25, -0.2) is 0 Å². The maximum Gasteiger partial charge on any atom is 0.272 e. The summed E-state index contributed by atoms with van der Waals surface area (Å²) >= 11 is 0. The molecule has 0 aliphatic heterocycles. The molecule has 18 heavy (non-hydrogen) atoms. The summed E-state index contributed by atoms with van der Waals surface area (Å²) in [6.45, 7) is 3.68. The van der Waals surface area contributed by atoms with Gasteiger partial charge in [-0.15, -0.1) is 0 Å². The van der Waals surface area contributed by atoms with E-state index in [1.807, 2.05) is 31.2 Å². The minimum atomic E-state index is -0.397. The first-order valence-corrected chi connectivity index (χ1v) is 5.56. The fraction of sp³-hybridized carbons (Fsp3) is 0.143. The van der Waals surface area contributed by atoms with Gasteiger partial charge in [0.15, 0.2) is 0 Å². The van der Waals surface area contributed by atoms with Crippen molar-refractivity contribution in [3.05, 3.63) is 63.7 Å². The molecule has 92 valence electrons. The van der Waals surface area contributed by atoms with Crippen molar-refractivity contribution in [1.82, 2.24) is 0 Å². The largest absolute Gasteiger partial charge is 0.457 e. The van der Waals surface area contributed by atoms with Gasteiger partial charge in [0.1, 0.15) is 11.5 Å². The Kier molecular flexibility index (Phi) is 3.28. The van der Waals surface area contributed by atoms with Crippen LogP contribution in [0.3, 0.4) is 0 Å². The Hall–Kier alpha value is -2.36. The maximum absolute atomic E-state index is 10.7. The van der Waals surface area contributed by atoms with Crippen molar-refractivity contribution >= 4 is 5.69 Å². The number of hydrogen-bond acceptors (Lipinski definition) is 3. The van der Waals surface area contributed by atoms with Crippen LogP contribution in [0.2, 0.25) is 0 Å². The molecule has 4 heteroatoms. The standard InChI is InChI=1S/C14H13NO3/c1-10-4-3-5-12(8-10)18-13-6-7-14(15(16)17)11(2)9-13/h3-9H,1-2H3. The molecule has 0 unspecified atom stereocenters. The molecule has 0 aliphatic carbocycles. The Morgan fingerprint density at radius 1 is 1.06 bits per heavy atom. The Labute approximate surface area is 105 Å². The van der Waals surface area contributed by atoms with E-state index in [0.717, 1.165) is 11.3 Å². The van der Waals surface area contributed by atoms with Crippen LogP contribution in [0.25, 0.3) is 0 Å². The second-order valence-electron chi connectivity index (χ2n) is 4.12. The molecule has 2 aromatic carbocycles. The zero-order valence-electron chi connectivity index (χ0n) is 10.2. The van der Waals surface area contributed by atoms with Crippen LogP contribution in [0, 0.1) is 24.0 Å². The van der Waals surface area contributed by atoms with Crippen molar-refractivity contribution in [1.29, 1.82) is 0 Å². The molecule has 0 bridgehead atoms. The third-order valence-corrected chi connectivity index (χ3v) is 2.59. The van der Waals surface area contributed by atoms with E-state index in [1.54, 1.807) is 19.1 Å². The molecule has 0 amide bonds. The van der Waals surface area contributed by atoms with Gasteiger partial charge in [-0.3, -0.25) is 10.1 Å². The van der Waals surface area contributed by atoms with Gasteiger partial charge in [0.2, 0.25) is 0 Å². The number of hydrogen-bond donors (Lipinski definition) is 0. The molecule has 2 aromatic rings. The number of nitrogens with zero attached hydrogens (tertiary/aromatic N) is 1. The van der Waals surface area contributed by atoms with Crippen molar-refractivity contribution in [2.75, 3.05) is 0 Å². The highest BCUT2D eigenvalue weighted by Gasteiger charge is 2.10. The molecule has 0 radical (unpaired) electrons. The Balaban J connectivity index is 2.25. The Morgan fingerprint density at radius 3 is 2.39 bits per heavy atom. The van der Waals surface area contributed by atoms with Crippen molar-refractivity contribution in [2.24, 2.45) is 0 Å². The van der Waals surface area contributed by atoms with Gasteiger partial charge in [-0.1, -0.05) is 12.1 Å². The third kappa shape index (κ3) is 2.66. The number of nitro benzene ring substituents is 1. The van der Waals surface area contributed by atoms with E-state index in [9.17, 15) is 10.1 Å². The molecule has 4 nitrogen and oxygen atoms in total. The minimum Gasteiger partial charge on any atom is -0.457 e. The van der Waals surface area contributed by atoms with Crippen LogP contribution in [-0.4, -0.2) is 4.92 Å². The van der Waals surface area contributed by atoms with Crippen LogP contribution >= 0.6 is 0 Å². The Morgan fingerprint density at radius 2 is 1.78 bits per heavy atom. The predicted octanol–water partition coefficient (Wildman–Crippen LogP) is 4.00. The molecule has 0 saturated carbocycles. The average molecular weight is 243 g/mol. The molecule has 0 fully saturated rings. The molecule has 0 aliphatic rings. The average Bonchev–Trinajstić information content (AvgIpc) is 2.28. The van der Waals surface area contributed by atoms with E-state index in [-0.39, 0.29) is 5.69 Å². The zero-order chi connectivity index (χ0) is 13.1. The molecule has 0 atom stereocenters. The minimum absolute atomic E-state index is 0.103. The summed E-state index contributed by atoms with van der Waals surface area (Å²) in [5.74, 6) is 1.33. The van der Waals surface area contributed by atoms with Crippen molar-refractivity contribution in [3.8, 4) is 11.5 Å². The summed E-state index contributed by atoms with van der Waals surface area (Å²) < 4.78 is 5.65. The van der Waals surface area contributed by atoms with E-state index >= 15 is 0 Å². The number of nitro groups is 1. The molecular formula is C14H13NO3. The SMILES string of the molecule is Cc1cccc(Oc2ccc([N+](=O)[O-])c(C)c2)c1. The first kappa shape index (κ1) is 12.1. The Bertz CT molecular complexity index is 593. The van der Waals surface area contributed by atoms with Gasteiger partial charge in [-0.05, 0) is 43.7 Å². The van der Waals surface area contributed by atoms with E-state index in [2.05, 4.69) is 0 Å². The predicted molar refractivity (Wildman–Crippen MR) is 69.1 cm³/mol. The van der Waals surface area contributed by atoms with E-state index in [0.29, 0.717) is 11.3 Å². The maximum atomic E-state index is 10.7. The van der Waals surface area contributed by atoms with Crippen molar-refractivity contribution in [2.45, 2.75) is 13.8 Å². The molecule has 0 saturated heterocycles. The number of ether oxygens (including phenoxy) is 1. The first-order valence-electron chi connectivity index (χ1n) is 5.56. The second kappa shape index (κ2) is 4.87. The lowest BCUT2D eigenvalue weighted by molar-refractivity contribution is -0.385. The second-order valence-corrected chi connectivity index (χ2v) is 4.12. The van der Waals surface area contributed by atoms with Gasteiger partial charge in [0.05, 0.1) is 4.92 Å². The highest BCUT2D eigenvalue weighted by molar-refractivity contribution is 5.45. The molecule has 0 aromatic heterocycles. The van der Waals surface area contributed by atoms with Crippen LogP contribution in [0.1, 0.15) is 11.1 Å². The number of rotatable bonds is 3. The lowest BCUT2D eigenvalue weighted by Crippen LogP contribution is -1.92. The van der Waals surface area contributed by atoms with Crippen LogP contribution in [0.4, 0.5) is 5.69 Å². The fourth-order valence-corrected chi connectivity index (χ4v) is 1.71. The summed E-state index contributed by atoms with van der Waals surface area (Å²) in [7, 11) is 0. The van der Waals surface area contributed by atoms with Crippen LogP contribution in [0.15, 0.2) is 42.5 Å². The molecule has 0 heterocycles. The monoisotopic (exact) mass is 243 g/mol. The zero-order valence-corrected chi connectivity index (χ0v) is 10.2. The molecule has 0 N–H and O–H groups in total. The van der Waals surface area contributed by atoms with Gasteiger partial charge in [-0.2, -0.15) is 0 Å². The normalized spacial score (nSPS) is 10.1. The van der Waals surface area contributed by atoms with E-state index < -0.39 is 4.92 Å². The van der Waals surface area contributed by atoms with Crippen LogP contribution < -0.4 is 4.74 Å². The fourth-order valence-electron chi connectivity index (χ4n) is 1.71. The van der Waals surface area contributed by atoms with Gasteiger partial charge >= 0.3 is 0 Å². The van der Waals surface area contributed by atoms with Gasteiger partial charge in [0.25, 0.3) is 5.69 Å². The van der Waals surface area contributed by atoms with E-state index in [4.69, 9.17) is 4.74 Å². The van der Waals surface area contributed by atoms with Gasteiger partial charge in [0, 0.05) is 11.6 Å². The van der Waals surface area contributed by atoms with Crippen molar-refractivity contribution < 1.29 is 9.66 Å². The van der Waals surface area contributed by atoms with Crippen LogP contribution in [-0.2, 0) is 0 Å².